The average Bonchev–Trinajstić information content (AvgIpc) is 2.40. The Morgan fingerprint density at radius 3 is 2.50 bits per heavy atom. The molecular formula is C13H22N2O3. The first kappa shape index (κ1) is 13.3. The van der Waals surface area contributed by atoms with Gasteiger partial charge in [-0.15, -0.1) is 0 Å². The summed E-state index contributed by atoms with van der Waals surface area (Å²) >= 11 is 0. The Labute approximate surface area is 108 Å². The Morgan fingerprint density at radius 1 is 1.33 bits per heavy atom. The third-order valence-electron chi connectivity index (χ3n) is 4.34. The zero-order valence-corrected chi connectivity index (χ0v) is 10.9. The number of aliphatic carboxylic acids is 1. The second kappa shape index (κ2) is 5.26. The summed E-state index contributed by atoms with van der Waals surface area (Å²) in [5, 5.41) is 12.4. The van der Waals surface area contributed by atoms with Crippen molar-refractivity contribution in [2.45, 2.75) is 32.6 Å². The average molecular weight is 254 g/mol. The summed E-state index contributed by atoms with van der Waals surface area (Å²) in [6.07, 6.45) is 3.14. The molecule has 1 amide bonds. The third kappa shape index (κ3) is 2.66. The van der Waals surface area contributed by atoms with Crippen LogP contribution in [0.1, 0.15) is 32.6 Å². The molecule has 2 aliphatic heterocycles. The second-order valence-electron chi connectivity index (χ2n) is 5.73. The summed E-state index contributed by atoms with van der Waals surface area (Å²) in [6, 6.07) is 0. The number of carboxylic acids is 1. The van der Waals surface area contributed by atoms with Crippen molar-refractivity contribution in [2.24, 2.45) is 11.3 Å². The van der Waals surface area contributed by atoms with E-state index in [1.165, 1.54) is 0 Å². The van der Waals surface area contributed by atoms with Gasteiger partial charge in [0.15, 0.2) is 0 Å². The van der Waals surface area contributed by atoms with Crippen molar-refractivity contribution in [2.75, 3.05) is 26.2 Å². The number of carboxylic acid groups (broad SMARTS) is 1. The first-order valence-corrected chi connectivity index (χ1v) is 6.76. The molecular weight excluding hydrogens is 232 g/mol. The van der Waals surface area contributed by atoms with E-state index in [4.69, 9.17) is 5.11 Å². The molecule has 2 fully saturated rings. The van der Waals surface area contributed by atoms with Crippen LogP contribution >= 0.6 is 0 Å². The lowest BCUT2D eigenvalue weighted by Crippen LogP contribution is -2.49. The molecule has 0 aromatic heterocycles. The van der Waals surface area contributed by atoms with Crippen LogP contribution in [0, 0.1) is 11.3 Å². The van der Waals surface area contributed by atoms with E-state index in [1.54, 1.807) is 6.92 Å². The van der Waals surface area contributed by atoms with Crippen LogP contribution in [-0.4, -0.2) is 48.1 Å². The highest BCUT2D eigenvalue weighted by Crippen LogP contribution is 2.31. The number of hydrogen-bond donors (Lipinski definition) is 2. The lowest BCUT2D eigenvalue weighted by molar-refractivity contribution is -0.153. The summed E-state index contributed by atoms with van der Waals surface area (Å²) < 4.78 is 0. The number of rotatable bonds is 2. The van der Waals surface area contributed by atoms with E-state index >= 15 is 0 Å². The van der Waals surface area contributed by atoms with Crippen LogP contribution in [0.2, 0.25) is 0 Å². The van der Waals surface area contributed by atoms with Crippen molar-refractivity contribution in [1.29, 1.82) is 0 Å². The van der Waals surface area contributed by atoms with Gasteiger partial charge in [0.2, 0.25) is 5.91 Å². The number of nitrogens with zero attached hydrogens (tertiary/aromatic N) is 1. The molecule has 2 saturated heterocycles. The quantitative estimate of drug-likeness (QED) is 0.761. The smallest absolute Gasteiger partial charge is 0.309 e. The zero-order valence-electron chi connectivity index (χ0n) is 10.9. The number of hydrogen-bond acceptors (Lipinski definition) is 3. The number of carbonyl (C=O) groups is 2. The highest BCUT2D eigenvalue weighted by Gasteiger charge is 2.39. The van der Waals surface area contributed by atoms with Crippen molar-refractivity contribution in [3.63, 3.8) is 0 Å². The van der Waals surface area contributed by atoms with Crippen LogP contribution in [0.4, 0.5) is 0 Å². The zero-order chi connectivity index (χ0) is 13.2. The molecule has 2 N–H and O–H groups in total. The van der Waals surface area contributed by atoms with Gasteiger partial charge in [-0.2, -0.15) is 0 Å². The normalized spacial score (nSPS) is 27.8. The van der Waals surface area contributed by atoms with Crippen LogP contribution in [0.5, 0.6) is 0 Å². The molecule has 0 aliphatic carbocycles. The number of piperidine rings is 2. The summed E-state index contributed by atoms with van der Waals surface area (Å²) in [7, 11) is 0. The van der Waals surface area contributed by atoms with E-state index in [1.807, 2.05) is 4.90 Å². The maximum Gasteiger partial charge on any atom is 0.309 e. The van der Waals surface area contributed by atoms with E-state index in [0.717, 1.165) is 25.9 Å². The first-order chi connectivity index (χ1) is 8.53. The minimum absolute atomic E-state index is 0.0907. The molecule has 2 rings (SSSR count). The summed E-state index contributed by atoms with van der Waals surface area (Å²) in [5.74, 6) is -0.448. The van der Waals surface area contributed by atoms with Crippen molar-refractivity contribution >= 4 is 11.9 Å². The van der Waals surface area contributed by atoms with Gasteiger partial charge in [-0.1, -0.05) is 0 Å². The van der Waals surface area contributed by atoms with E-state index in [0.29, 0.717) is 25.9 Å². The molecule has 5 heteroatoms. The number of nitrogens with one attached hydrogen (secondary N) is 1. The highest BCUT2D eigenvalue weighted by molar-refractivity contribution is 5.80. The van der Waals surface area contributed by atoms with Crippen molar-refractivity contribution in [3.8, 4) is 0 Å². The van der Waals surface area contributed by atoms with Gasteiger partial charge < -0.3 is 15.3 Å². The maximum absolute atomic E-state index is 12.3. The van der Waals surface area contributed by atoms with E-state index in [-0.39, 0.29) is 11.8 Å². The highest BCUT2D eigenvalue weighted by atomic mass is 16.4. The fourth-order valence-corrected chi connectivity index (χ4v) is 2.76. The van der Waals surface area contributed by atoms with Gasteiger partial charge >= 0.3 is 5.97 Å². The molecule has 0 radical (unpaired) electrons. The summed E-state index contributed by atoms with van der Waals surface area (Å²) in [6.45, 7) is 4.71. The fourth-order valence-electron chi connectivity index (χ4n) is 2.76. The largest absolute Gasteiger partial charge is 0.481 e. The van der Waals surface area contributed by atoms with Gasteiger partial charge in [-0.3, -0.25) is 9.59 Å². The van der Waals surface area contributed by atoms with Crippen LogP contribution in [0.15, 0.2) is 0 Å². The van der Waals surface area contributed by atoms with Crippen LogP contribution in [-0.2, 0) is 9.59 Å². The van der Waals surface area contributed by atoms with Crippen LogP contribution in [0.3, 0.4) is 0 Å². The molecule has 0 bridgehead atoms. The molecule has 0 spiro atoms. The van der Waals surface area contributed by atoms with Crippen molar-refractivity contribution < 1.29 is 14.7 Å². The van der Waals surface area contributed by atoms with Gasteiger partial charge in [0.1, 0.15) is 0 Å². The van der Waals surface area contributed by atoms with E-state index in [2.05, 4.69) is 5.32 Å². The van der Waals surface area contributed by atoms with Gasteiger partial charge in [0.05, 0.1) is 11.3 Å². The maximum atomic E-state index is 12.3. The topological polar surface area (TPSA) is 69.6 Å². The van der Waals surface area contributed by atoms with Gasteiger partial charge in [-0.05, 0) is 39.2 Å². The molecule has 2 aliphatic rings. The molecule has 2 heterocycles. The number of carbonyl (C=O) groups excluding carboxylic acids is 1. The predicted molar refractivity (Wildman–Crippen MR) is 67.2 cm³/mol. The number of amides is 1. The predicted octanol–water partition coefficient (Wildman–Crippen LogP) is 0.699. The Morgan fingerprint density at radius 2 is 2.00 bits per heavy atom. The molecule has 18 heavy (non-hydrogen) atoms. The Kier molecular flexibility index (Phi) is 3.90. The Balaban J connectivity index is 1.89. The number of likely N-dealkylation sites (tertiary alicyclic amines) is 1. The SMILES string of the molecule is CC1(C(=O)O)CCN(C(=O)C2CCCNC2)CC1. The molecule has 1 unspecified atom stereocenters. The lowest BCUT2D eigenvalue weighted by atomic mass is 9.80. The van der Waals surface area contributed by atoms with E-state index < -0.39 is 11.4 Å². The van der Waals surface area contributed by atoms with Gasteiger partial charge in [0, 0.05) is 19.6 Å². The van der Waals surface area contributed by atoms with Crippen molar-refractivity contribution in [3.05, 3.63) is 0 Å². The Bertz CT molecular complexity index is 329. The molecule has 0 aromatic carbocycles. The first-order valence-electron chi connectivity index (χ1n) is 6.76. The molecule has 1 atom stereocenters. The standard InChI is InChI=1S/C13H22N2O3/c1-13(12(17)18)4-7-15(8-5-13)11(16)10-3-2-6-14-9-10/h10,14H,2-9H2,1H3,(H,17,18). The van der Waals surface area contributed by atoms with Gasteiger partial charge in [0.25, 0.3) is 0 Å². The van der Waals surface area contributed by atoms with Crippen LogP contribution < -0.4 is 5.32 Å². The summed E-state index contributed by atoms with van der Waals surface area (Å²) in [5.41, 5.74) is -0.651. The lowest BCUT2D eigenvalue weighted by Gasteiger charge is -2.38. The van der Waals surface area contributed by atoms with Crippen LogP contribution in [0.25, 0.3) is 0 Å². The third-order valence-corrected chi connectivity index (χ3v) is 4.34. The fraction of sp³-hybridized carbons (Fsp3) is 0.846. The molecule has 0 aromatic rings. The minimum Gasteiger partial charge on any atom is -0.481 e. The second-order valence-corrected chi connectivity index (χ2v) is 5.73. The molecule has 5 nitrogen and oxygen atoms in total. The minimum atomic E-state index is -0.742. The van der Waals surface area contributed by atoms with Gasteiger partial charge in [-0.25, -0.2) is 0 Å². The van der Waals surface area contributed by atoms with E-state index in [9.17, 15) is 9.59 Å². The monoisotopic (exact) mass is 254 g/mol. The molecule has 102 valence electrons. The Hall–Kier alpha value is -1.10. The van der Waals surface area contributed by atoms with Crippen molar-refractivity contribution in [1.82, 2.24) is 10.2 Å². The summed E-state index contributed by atoms with van der Waals surface area (Å²) in [4.78, 5) is 25.3. The molecule has 0 saturated carbocycles.